The normalized spacial score (nSPS) is 26.0. The summed E-state index contributed by atoms with van der Waals surface area (Å²) in [4.78, 5) is 0. The molecule has 0 aliphatic carbocycles. The van der Waals surface area contributed by atoms with Crippen LogP contribution >= 0.6 is 0 Å². The number of hydrogen-bond acceptors (Lipinski definition) is 4. The van der Waals surface area contributed by atoms with Crippen molar-refractivity contribution in [1.29, 1.82) is 0 Å². The zero-order valence-electron chi connectivity index (χ0n) is 17.7. The molecular formula is C19H36N4OS. The van der Waals surface area contributed by atoms with E-state index in [1.54, 1.807) is 0 Å². The van der Waals surface area contributed by atoms with E-state index in [-0.39, 0.29) is 21.8 Å². The molecule has 1 aliphatic heterocycles. The quantitative estimate of drug-likeness (QED) is 0.748. The van der Waals surface area contributed by atoms with Gasteiger partial charge >= 0.3 is 0 Å². The van der Waals surface area contributed by atoms with Gasteiger partial charge in [-0.2, -0.15) is 0 Å². The average molecular weight is 369 g/mol. The van der Waals surface area contributed by atoms with Crippen molar-refractivity contribution in [1.82, 2.24) is 15.0 Å². The van der Waals surface area contributed by atoms with Gasteiger partial charge in [-0.25, -0.2) is 13.3 Å². The first-order valence-electron chi connectivity index (χ1n) is 9.12. The minimum Gasteiger partial charge on any atom is -0.250 e. The van der Waals surface area contributed by atoms with Crippen LogP contribution in [0, 0.1) is 5.41 Å². The summed E-state index contributed by atoms with van der Waals surface area (Å²) < 4.78 is 20.6. The summed E-state index contributed by atoms with van der Waals surface area (Å²) in [6, 6.07) is 0. The summed E-state index contributed by atoms with van der Waals surface area (Å²) in [6.07, 6.45) is 0. The van der Waals surface area contributed by atoms with Crippen molar-refractivity contribution in [2.75, 3.05) is 11.5 Å². The highest BCUT2D eigenvalue weighted by Gasteiger charge is 2.45. The fraction of sp³-hybridized carbons (Fsp3) is 0.895. The maximum absolute atomic E-state index is 13.8. The summed E-state index contributed by atoms with van der Waals surface area (Å²) in [6.45, 7) is 22.1. The van der Waals surface area contributed by atoms with Crippen LogP contribution in [0.1, 0.15) is 80.6 Å². The van der Waals surface area contributed by atoms with Crippen LogP contribution in [0.2, 0.25) is 0 Å². The van der Waals surface area contributed by atoms with E-state index in [1.807, 2.05) is 25.5 Å². The van der Waals surface area contributed by atoms with Crippen LogP contribution in [-0.4, -0.2) is 36.2 Å². The number of nitrogens with zero attached hydrogens (tertiary/aromatic N) is 4. The fourth-order valence-corrected chi connectivity index (χ4v) is 7.64. The van der Waals surface area contributed by atoms with Gasteiger partial charge in [0.15, 0.2) is 0 Å². The first-order chi connectivity index (χ1) is 10.9. The Morgan fingerprint density at radius 2 is 1.56 bits per heavy atom. The molecule has 0 radical (unpaired) electrons. The first-order valence-corrected chi connectivity index (χ1v) is 11.0. The van der Waals surface area contributed by atoms with Gasteiger partial charge in [-0.05, 0) is 26.2 Å². The van der Waals surface area contributed by atoms with Gasteiger partial charge in [0.2, 0.25) is 0 Å². The Bertz CT molecular complexity index is 766. The van der Waals surface area contributed by atoms with Crippen molar-refractivity contribution >= 4 is 9.73 Å². The fourth-order valence-electron chi connectivity index (χ4n) is 3.88. The Hall–Kier alpha value is -0.910. The van der Waals surface area contributed by atoms with Gasteiger partial charge in [-0.1, -0.05) is 53.7 Å². The molecule has 2 rings (SSSR count). The topological polar surface area (TPSA) is 60.1 Å². The van der Waals surface area contributed by atoms with E-state index in [1.165, 1.54) is 0 Å². The van der Waals surface area contributed by atoms with E-state index in [4.69, 9.17) is 4.36 Å². The number of aromatic nitrogens is 3. The van der Waals surface area contributed by atoms with E-state index in [0.717, 1.165) is 17.9 Å². The van der Waals surface area contributed by atoms with Crippen LogP contribution < -0.4 is 0 Å². The van der Waals surface area contributed by atoms with E-state index >= 15 is 0 Å². The molecule has 0 saturated heterocycles. The van der Waals surface area contributed by atoms with Gasteiger partial charge in [0.1, 0.15) is 0 Å². The van der Waals surface area contributed by atoms with Gasteiger partial charge in [-0.15, -0.1) is 5.10 Å². The van der Waals surface area contributed by atoms with Crippen molar-refractivity contribution in [3.63, 3.8) is 0 Å². The lowest BCUT2D eigenvalue weighted by atomic mass is 9.81. The van der Waals surface area contributed by atoms with Crippen LogP contribution in [0.5, 0.6) is 0 Å². The van der Waals surface area contributed by atoms with Gasteiger partial charge in [0.05, 0.1) is 16.9 Å². The summed E-state index contributed by atoms with van der Waals surface area (Å²) in [5.74, 6) is 1.08. The van der Waals surface area contributed by atoms with E-state index < -0.39 is 9.73 Å². The van der Waals surface area contributed by atoms with Gasteiger partial charge < -0.3 is 0 Å². The first kappa shape index (κ1) is 20.4. The molecule has 0 amide bonds. The van der Waals surface area contributed by atoms with Crippen molar-refractivity contribution in [2.24, 2.45) is 9.78 Å². The molecule has 25 heavy (non-hydrogen) atoms. The summed E-state index contributed by atoms with van der Waals surface area (Å²) >= 11 is 0. The highest BCUT2D eigenvalue weighted by molar-refractivity contribution is 7.93. The smallest absolute Gasteiger partial charge is 0.0930 e. The molecule has 6 heteroatoms. The molecule has 0 spiro atoms. The summed E-state index contributed by atoms with van der Waals surface area (Å²) in [7, 11) is -2.35. The Morgan fingerprint density at radius 3 is 2.04 bits per heavy atom. The van der Waals surface area contributed by atoms with Gasteiger partial charge in [-0.3, -0.25) is 0 Å². The summed E-state index contributed by atoms with van der Waals surface area (Å²) in [5.41, 5.74) is 1.29. The highest BCUT2D eigenvalue weighted by atomic mass is 32.2. The average Bonchev–Trinajstić information content (AvgIpc) is 2.62. The molecule has 5 nitrogen and oxygen atoms in total. The molecule has 0 saturated carbocycles. The maximum Gasteiger partial charge on any atom is 0.0930 e. The maximum atomic E-state index is 13.8. The zero-order valence-corrected chi connectivity index (χ0v) is 18.5. The number of fused-ring (bicyclic) bond motifs is 1. The van der Waals surface area contributed by atoms with Crippen molar-refractivity contribution < 1.29 is 4.21 Å². The van der Waals surface area contributed by atoms with Crippen molar-refractivity contribution in [3.05, 3.63) is 11.4 Å². The molecule has 0 bridgehead atoms. The lowest BCUT2D eigenvalue weighted by molar-refractivity contribution is 0.306. The molecule has 0 aromatic carbocycles. The van der Waals surface area contributed by atoms with E-state index in [2.05, 4.69) is 58.8 Å². The number of rotatable bonds is 1. The van der Waals surface area contributed by atoms with Crippen molar-refractivity contribution in [2.45, 2.75) is 92.2 Å². The highest BCUT2D eigenvalue weighted by Crippen LogP contribution is 2.40. The van der Waals surface area contributed by atoms with Crippen LogP contribution in [0.4, 0.5) is 0 Å². The molecule has 1 aliphatic rings. The SMILES string of the molecule is CC(C)(C)Cn1nnc2c1C(C)(C)CS(=O)(=NC(C)(C)C)CC2(C)C. The second kappa shape index (κ2) is 5.80. The molecule has 0 fully saturated rings. The van der Waals surface area contributed by atoms with Crippen LogP contribution in [0.3, 0.4) is 0 Å². The Morgan fingerprint density at radius 1 is 1.04 bits per heavy atom. The lowest BCUT2D eigenvalue weighted by Gasteiger charge is -2.28. The van der Waals surface area contributed by atoms with Crippen LogP contribution in [0.25, 0.3) is 0 Å². The predicted octanol–water partition coefficient (Wildman–Crippen LogP) is 4.16. The zero-order chi connectivity index (χ0) is 19.5. The van der Waals surface area contributed by atoms with Gasteiger partial charge in [0, 0.05) is 38.6 Å². The largest absolute Gasteiger partial charge is 0.250 e. The van der Waals surface area contributed by atoms with Crippen LogP contribution in [0.15, 0.2) is 4.36 Å². The molecule has 0 N–H and O–H groups in total. The van der Waals surface area contributed by atoms with E-state index in [0.29, 0.717) is 11.5 Å². The summed E-state index contributed by atoms with van der Waals surface area (Å²) in [5, 5.41) is 9.04. The van der Waals surface area contributed by atoms with Gasteiger partial charge in [0.25, 0.3) is 0 Å². The third-order valence-corrected chi connectivity index (χ3v) is 7.48. The molecular weight excluding hydrogens is 332 g/mol. The Labute approximate surface area is 154 Å². The molecule has 1 unspecified atom stereocenters. The number of hydrogen-bond donors (Lipinski definition) is 0. The third-order valence-electron chi connectivity index (χ3n) is 4.25. The minimum atomic E-state index is -2.35. The standard InChI is InChI=1S/C19H36N4OS/c1-16(2,3)11-23-15-14(20-22-23)18(7,8)12-25(24,13-19(15,9)10)21-17(4,5)6/h11-13H2,1-10H3. The molecule has 144 valence electrons. The molecule has 1 aromatic rings. The predicted molar refractivity (Wildman–Crippen MR) is 106 cm³/mol. The molecule has 2 heterocycles. The third kappa shape index (κ3) is 4.63. The lowest BCUT2D eigenvalue weighted by Crippen LogP contribution is -2.33. The Balaban J connectivity index is 2.68. The Kier molecular flexibility index (Phi) is 4.73. The second-order valence-electron chi connectivity index (χ2n) is 11.1. The molecule has 1 atom stereocenters. The van der Waals surface area contributed by atoms with E-state index in [9.17, 15) is 4.21 Å². The second-order valence-corrected chi connectivity index (χ2v) is 13.4. The monoisotopic (exact) mass is 368 g/mol. The molecule has 1 aromatic heterocycles. The van der Waals surface area contributed by atoms with Crippen LogP contribution in [-0.2, 0) is 27.1 Å². The minimum absolute atomic E-state index is 0.102. The van der Waals surface area contributed by atoms with Crippen molar-refractivity contribution in [3.8, 4) is 0 Å².